The number of phenols is 1. The molecule has 1 aromatic carbocycles. The van der Waals surface area contributed by atoms with Crippen LogP contribution in [0.4, 0.5) is 0 Å². The minimum absolute atomic E-state index is 0.0145. The number of carbonyl (C=O) groups excluding carboxylic acids is 4. The van der Waals surface area contributed by atoms with E-state index < -0.39 is 47.9 Å². The fourth-order valence-corrected chi connectivity index (χ4v) is 3.73. The molecule has 10 heteroatoms. The fourth-order valence-electron chi connectivity index (χ4n) is 3.73. The van der Waals surface area contributed by atoms with E-state index in [0.717, 1.165) is 7.11 Å². The summed E-state index contributed by atoms with van der Waals surface area (Å²) in [5.74, 6) is -3.14. The molecule has 0 heterocycles. The van der Waals surface area contributed by atoms with Gasteiger partial charge in [-0.05, 0) is 30.5 Å². The van der Waals surface area contributed by atoms with Gasteiger partial charge in [0.25, 0.3) is 5.91 Å². The topological polar surface area (TPSA) is 159 Å². The Morgan fingerprint density at radius 3 is 2.26 bits per heavy atom. The first kappa shape index (κ1) is 24.3. The van der Waals surface area contributed by atoms with Gasteiger partial charge in [0, 0.05) is 13.3 Å². The van der Waals surface area contributed by atoms with Crippen LogP contribution in [0.1, 0.15) is 38.2 Å². The van der Waals surface area contributed by atoms with Crippen LogP contribution in [0.15, 0.2) is 24.3 Å². The standard InChI is InChI=1S/C21H29N3O7/c1-13(26)23-16(11-14-5-7-15(27)8-6-14)18(28)24(17(12-25)19(29)31-2)20(30)21(22)9-3-4-10-21/h5-8,16-17,25,27H,3-4,9-12,22H2,1-2H3,(H,23,26). The molecule has 1 aliphatic rings. The third-order valence-electron chi connectivity index (χ3n) is 5.39. The van der Waals surface area contributed by atoms with Crippen molar-refractivity contribution >= 4 is 23.7 Å². The molecular weight excluding hydrogens is 406 g/mol. The number of carbonyl (C=O) groups is 4. The highest BCUT2D eigenvalue weighted by Crippen LogP contribution is 2.30. The second kappa shape index (κ2) is 10.4. The summed E-state index contributed by atoms with van der Waals surface area (Å²) in [4.78, 5) is 51.5. The monoisotopic (exact) mass is 435 g/mol. The summed E-state index contributed by atoms with van der Waals surface area (Å²) in [6, 6.07) is 3.17. The number of hydrogen-bond donors (Lipinski definition) is 4. The van der Waals surface area contributed by atoms with Gasteiger partial charge in [0.05, 0.1) is 19.3 Å². The molecule has 0 radical (unpaired) electrons. The van der Waals surface area contributed by atoms with Crippen LogP contribution < -0.4 is 11.1 Å². The number of nitrogens with one attached hydrogen (secondary N) is 1. The molecule has 0 aliphatic heterocycles. The number of methoxy groups -OCH3 is 1. The van der Waals surface area contributed by atoms with Crippen LogP contribution in [0.3, 0.4) is 0 Å². The Kier molecular flexibility index (Phi) is 8.12. The van der Waals surface area contributed by atoms with Gasteiger partial charge in [-0.1, -0.05) is 25.0 Å². The van der Waals surface area contributed by atoms with Crippen LogP contribution in [0.25, 0.3) is 0 Å². The highest BCUT2D eigenvalue weighted by Gasteiger charge is 2.47. The molecular formula is C21H29N3O7. The van der Waals surface area contributed by atoms with E-state index in [1.54, 1.807) is 12.1 Å². The minimum Gasteiger partial charge on any atom is -0.508 e. The summed E-state index contributed by atoms with van der Waals surface area (Å²) in [5.41, 5.74) is 5.50. The van der Waals surface area contributed by atoms with Crippen molar-refractivity contribution < 1.29 is 34.1 Å². The van der Waals surface area contributed by atoms with Crippen LogP contribution in [-0.2, 0) is 30.3 Å². The number of esters is 1. The van der Waals surface area contributed by atoms with E-state index in [1.807, 2.05) is 0 Å². The molecule has 2 atom stereocenters. The van der Waals surface area contributed by atoms with E-state index in [9.17, 15) is 29.4 Å². The Balaban J connectivity index is 2.44. The normalized spacial score (nSPS) is 16.8. The van der Waals surface area contributed by atoms with E-state index in [1.165, 1.54) is 19.1 Å². The molecule has 10 nitrogen and oxygen atoms in total. The highest BCUT2D eigenvalue weighted by molar-refractivity contribution is 6.06. The molecule has 170 valence electrons. The summed E-state index contributed by atoms with van der Waals surface area (Å²) in [6.45, 7) is 0.362. The van der Waals surface area contributed by atoms with Crippen molar-refractivity contribution in [2.24, 2.45) is 5.73 Å². The number of aliphatic hydroxyl groups is 1. The molecule has 1 aliphatic carbocycles. The molecule has 3 amide bonds. The van der Waals surface area contributed by atoms with Crippen molar-refractivity contribution in [1.29, 1.82) is 0 Å². The molecule has 31 heavy (non-hydrogen) atoms. The number of ether oxygens (including phenoxy) is 1. The molecule has 5 N–H and O–H groups in total. The Labute approximate surface area is 180 Å². The van der Waals surface area contributed by atoms with Gasteiger partial charge in [-0.25, -0.2) is 4.79 Å². The Morgan fingerprint density at radius 1 is 1.19 bits per heavy atom. The molecule has 1 aromatic rings. The Bertz CT molecular complexity index is 819. The average molecular weight is 435 g/mol. The molecule has 0 saturated heterocycles. The van der Waals surface area contributed by atoms with E-state index in [4.69, 9.17) is 5.73 Å². The van der Waals surface area contributed by atoms with Crippen molar-refractivity contribution in [2.45, 2.75) is 56.7 Å². The molecule has 1 fully saturated rings. The van der Waals surface area contributed by atoms with E-state index in [0.29, 0.717) is 36.1 Å². The minimum atomic E-state index is -1.60. The predicted molar refractivity (Wildman–Crippen MR) is 110 cm³/mol. The van der Waals surface area contributed by atoms with Crippen molar-refractivity contribution in [3.63, 3.8) is 0 Å². The van der Waals surface area contributed by atoms with Gasteiger partial charge in [0.2, 0.25) is 11.8 Å². The number of aliphatic hydroxyl groups excluding tert-OH is 1. The van der Waals surface area contributed by atoms with Gasteiger partial charge < -0.3 is 26.0 Å². The SMILES string of the molecule is COC(=O)C(CO)N(C(=O)C(Cc1ccc(O)cc1)NC(C)=O)C(=O)C1(N)CCCC1. The summed E-state index contributed by atoms with van der Waals surface area (Å²) in [6.07, 6.45) is 2.03. The summed E-state index contributed by atoms with van der Waals surface area (Å²) in [7, 11) is 1.08. The van der Waals surface area contributed by atoms with Gasteiger partial charge in [0.15, 0.2) is 6.04 Å². The van der Waals surface area contributed by atoms with Crippen LogP contribution in [-0.4, -0.2) is 70.1 Å². The largest absolute Gasteiger partial charge is 0.508 e. The van der Waals surface area contributed by atoms with Gasteiger partial charge in [-0.3, -0.25) is 19.3 Å². The number of aromatic hydroxyl groups is 1. The zero-order chi connectivity index (χ0) is 23.2. The van der Waals surface area contributed by atoms with Crippen molar-refractivity contribution in [1.82, 2.24) is 10.2 Å². The predicted octanol–water partition coefficient (Wildman–Crippen LogP) is -0.400. The van der Waals surface area contributed by atoms with Crippen molar-refractivity contribution in [3.8, 4) is 5.75 Å². The number of amides is 3. The zero-order valence-corrected chi connectivity index (χ0v) is 17.7. The molecule has 0 bridgehead atoms. The van der Waals surface area contributed by atoms with E-state index in [2.05, 4.69) is 10.1 Å². The summed E-state index contributed by atoms with van der Waals surface area (Å²) >= 11 is 0. The molecule has 1 saturated carbocycles. The van der Waals surface area contributed by atoms with E-state index in [-0.39, 0.29) is 12.2 Å². The lowest BCUT2D eigenvalue weighted by molar-refractivity contribution is -0.164. The third-order valence-corrected chi connectivity index (χ3v) is 5.39. The van der Waals surface area contributed by atoms with Crippen molar-refractivity contribution in [2.75, 3.05) is 13.7 Å². The first-order chi connectivity index (χ1) is 14.6. The number of phenolic OH excluding ortho intramolecular Hbond substituents is 1. The van der Waals surface area contributed by atoms with Gasteiger partial charge >= 0.3 is 5.97 Å². The Hall–Kier alpha value is -2.98. The number of imide groups is 1. The first-order valence-corrected chi connectivity index (χ1v) is 10.0. The van der Waals surface area contributed by atoms with Crippen LogP contribution in [0, 0.1) is 0 Å². The zero-order valence-electron chi connectivity index (χ0n) is 17.7. The van der Waals surface area contributed by atoms with Gasteiger partial charge in [0.1, 0.15) is 11.8 Å². The highest BCUT2D eigenvalue weighted by atomic mass is 16.5. The number of benzene rings is 1. The maximum Gasteiger partial charge on any atom is 0.331 e. The maximum absolute atomic E-state index is 13.5. The Morgan fingerprint density at radius 2 is 1.77 bits per heavy atom. The second-order valence-corrected chi connectivity index (χ2v) is 7.72. The first-order valence-electron chi connectivity index (χ1n) is 10.0. The molecule has 0 aromatic heterocycles. The molecule has 2 rings (SSSR count). The van der Waals surface area contributed by atoms with Crippen molar-refractivity contribution in [3.05, 3.63) is 29.8 Å². The lowest BCUT2D eigenvalue weighted by atomic mass is 9.94. The summed E-state index contributed by atoms with van der Waals surface area (Å²) in [5, 5.41) is 21.8. The third kappa shape index (κ3) is 5.80. The van der Waals surface area contributed by atoms with Crippen LogP contribution in [0.5, 0.6) is 5.75 Å². The maximum atomic E-state index is 13.5. The number of rotatable bonds is 8. The van der Waals surface area contributed by atoms with Crippen LogP contribution >= 0.6 is 0 Å². The quantitative estimate of drug-likeness (QED) is 0.401. The molecule has 0 spiro atoms. The van der Waals surface area contributed by atoms with E-state index >= 15 is 0 Å². The molecule has 2 unspecified atom stereocenters. The number of nitrogens with two attached hydrogens (primary N) is 1. The fraction of sp³-hybridized carbons (Fsp3) is 0.524. The number of hydrogen-bond acceptors (Lipinski definition) is 8. The lowest BCUT2D eigenvalue weighted by Gasteiger charge is -2.35. The smallest absolute Gasteiger partial charge is 0.331 e. The van der Waals surface area contributed by atoms with Crippen LogP contribution in [0.2, 0.25) is 0 Å². The summed E-state index contributed by atoms with van der Waals surface area (Å²) < 4.78 is 4.67. The lowest BCUT2D eigenvalue weighted by Crippen LogP contribution is -2.64. The number of nitrogens with zero attached hydrogens (tertiary/aromatic N) is 1. The van der Waals surface area contributed by atoms with Gasteiger partial charge in [-0.2, -0.15) is 0 Å². The average Bonchev–Trinajstić information content (AvgIpc) is 3.19. The second-order valence-electron chi connectivity index (χ2n) is 7.72. The van der Waals surface area contributed by atoms with Gasteiger partial charge in [-0.15, -0.1) is 0 Å².